The molecule has 2 aromatic rings. The number of carbonyl (C=O) groups is 1. The van der Waals surface area contributed by atoms with Gasteiger partial charge in [-0.2, -0.15) is 0 Å². The van der Waals surface area contributed by atoms with Crippen LogP contribution in [0.2, 0.25) is 0 Å². The van der Waals surface area contributed by atoms with E-state index in [-0.39, 0.29) is 17.4 Å². The Kier molecular flexibility index (Phi) is 4.72. The van der Waals surface area contributed by atoms with Crippen molar-refractivity contribution in [3.8, 4) is 0 Å². The number of hydrogen-bond acceptors (Lipinski definition) is 3. The molecule has 0 saturated heterocycles. The van der Waals surface area contributed by atoms with Gasteiger partial charge in [0.15, 0.2) is 0 Å². The minimum absolute atomic E-state index is 0.247. The van der Waals surface area contributed by atoms with Crippen LogP contribution in [-0.2, 0) is 4.79 Å². The fourth-order valence-corrected chi connectivity index (χ4v) is 3.05. The molecule has 0 saturated carbocycles. The number of benzodiazepines with no additional fused rings is 1. The maximum atomic E-state index is 14.5. The Morgan fingerprint density at radius 3 is 2.56 bits per heavy atom. The quantitative estimate of drug-likeness (QED) is 0.717. The van der Waals surface area contributed by atoms with Crippen LogP contribution in [0.1, 0.15) is 11.1 Å². The Labute approximate surface area is 154 Å². The molecule has 0 aromatic heterocycles. The number of fused-ring (bicyclic) bond motifs is 1. The Hall–Kier alpha value is -2.47. The molecule has 6 heteroatoms. The van der Waals surface area contributed by atoms with Crippen molar-refractivity contribution in [2.45, 2.75) is 0 Å². The lowest BCUT2D eigenvalue weighted by molar-refractivity contribution is -0.114. The summed E-state index contributed by atoms with van der Waals surface area (Å²) in [6.45, 7) is 0. The third-order valence-electron chi connectivity index (χ3n) is 3.84. The third kappa shape index (κ3) is 3.35. The van der Waals surface area contributed by atoms with Crippen molar-refractivity contribution in [2.24, 2.45) is 4.99 Å². The number of anilines is 1. The maximum absolute atomic E-state index is 14.5. The summed E-state index contributed by atoms with van der Waals surface area (Å²) in [5.41, 5.74) is 2.41. The second kappa shape index (κ2) is 6.80. The Bertz CT molecular complexity index is 905. The van der Waals surface area contributed by atoms with Crippen LogP contribution in [0.5, 0.6) is 0 Å². The van der Waals surface area contributed by atoms with Gasteiger partial charge < -0.3 is 9.80 Å². The minimum Gasteiger partial charge on any atom is -0.382 e. The molecule has 128 valence electrons. The summed E-state index contributed by atoms with van der Waals surface area (Å²) in [6.07, 6.45) is 1.64. The minimum atomic E-state index is -0.381. The van der Waals surface area contributed by atoms with E-state index < -0.39 is 0 Å². The molecule has 0 radical (unpaired) electrons. The number of aliphatic imine (C=N–C) groups is 1. The normalized spacial score (nSPS) is 15.7. The highest BCUT2D eigenvalue weighted by Gasteiger charge is 2.27. The van der Waals surface area contributed by atoms with Crippen LogP contribution in [0.4, 0.5) is 10.1 Å². The molecule has 0 N–H and O–H groups in total. The highest BCUT2D eigenvalue weighted by molar-refractivity contribution is 9.10. The lowest BCUT2D eigenvalue weighted by Crippen LogP contribution is -2.27. The second-order valence-corrected chi connectivity index (χ2v) is 6.86. The SMILES string of the molecule is CN(C)C=C1N=C(c2ccccc2F)c2cc(Br)ccc2N(C)C1=O. The summed E-state index contributed by atoms with van der Waals surface area (Å²) >= 11 is 3.45. The molecule has 25 heavy (non-hydrogen) atoms. The number of benzene rings is 2. The van der Waals surface area contributed by atoms with E-state index in [2.05, 4.69) is 20.9 Å². The van der Waals surface area contributed by atoms with Crippen molar-refractivity contribution in [2.75, 3.05) is 26.0 Å². The van der Waals surface area contributed by atoms with Crippen molar-refractivity contribution in [3.05, 3.63) is 75.8 Å². The Morgan fingerprint density at radius 2 is 1.88 bits per heavy atom. The predicted molar refractivity (Wildman–Crippen MR) is 101 cm³/mol. The molecule has 3 rings (SSSR count). The van der Waals surface area contributed by atoms with E-state index in [1.54, 1.807) is 36.3 Å². The fourth-order valence-electron chi connectivity index (χ4n) is 2.69. The molecule has 0 unspecified atom stereocenters. The first-order valence-electron chi connectivity index (χ1n) is 7.68. The van der Waals surface area contributed by atoms with Crippen molar-refractivity contribution in [1.82, 2.24) is 4.90 Å². The molecule has 0 atom stereocenters. The monoisotopic (exact) mass is 401 g/mol. The second-order valence-electron chi connectivity index (χ2n) is 5.94. The zero-order valence-electron chi connectivity index (χ0n) is 14.1. The molecule has 1 heterocycles. The van der Waals surface area contributed by atoms with Crippen LogP contribution < -0.4 is 4.90 Å². The highest BCUT2D eigenvalue weighted by Crippen LogP contribution is 2.31. The molecule has 4 nitrogen and oxygen atoms in total. The number of amides is 1. The number of rotatable bonds is 2. The molecule has 0 aliphatic carbocycles. The average molecular weight is 402 g/mol. The largest absolute Gasteiger partial charge is 0.382 e. The summed E-state index contributed by atoms with van der Waals surface area (Å²) in [5, 5.41) is 0. The van der Waals surface area contributed by atoms with Crippen LogP contribution >= 0.6 is 15.9 Å². The van der Waals surface area contributed by atoms with Gasteiger partial charge in [-0.15, -0.1) is 0 Å². The zero-order valence-corrected chi connectivity index (χ0v) is 15.7. The highest BCUT2D eigenvalue weighted by atomic mass is 79.9. The summed E-state index contributed by atoms with van der Waals surface area (Å²) in [4.78, 5) is 20.6. The number of carbonyl (C=O) groups excluding carboxylic acids is 1. The van der Waals surface area contributed by atoms with Gasteiger partial charge in [-0.25, -0.2) is 9.38 Å². The number of nitrogens with zero attached hydrogens (tertiary/aromatic N) is 3. The van der Waals surface area contributed by atoms with Crippen LogP contribution in [0.15, 0.2) is 63.8 Å². The standard InChI is InChI=1S/C19H17BrFN3O/c1-23(2)11-16-19(25)24(3)17-9-8-12(20)10-14(17)18(22-16)13-6-4-5-7-15(13)21/h4-11H,1-3H3. The topological polar surface area (TPSA) is 35.9 Å². The third-order valence-corrected chi connectivity index (χ3v) is 4.33. The molecule has 2 aromatic carbocycles. The molecular weight excluding hydrogens is 385 g/mol. The van der Waals surface area contributed by atoms with Gasteiger partial charge in [-0.3, -0.25) is 4.79 Å². The summed E-state index contributed by atoms with van der Waals surface area (Å²) in [5.74, 6) is -0.628. The van der Waals surface area contributed by atoms with Crippen LogP contribution in [0.25, 0.3) is 0 Å². The van der Waals surface area contributed by atoms with Gasteiger partial charge in [0.25, 0.3) is 5.91 Å². The molecule has 0 spiro atoms. The van der Waals surface area contributed by atoms with Crippen molar-refractivity contribution >= 4 is 33.2 Å². The fraction of sp³-hybridized carbons (Fsp3) is 0.158. The molecular formula is C19H17BrFN3O. The lowest BCUT2D eigenvalue weighted by Gasteiger charge is -2.18. The molecule has 1 amide bonds. The van der Waals surface area contributed by atoms with Gasteiger partial charge in [-0.05, 0) is 30.3 Å². The first-order valence-corrected chi connectivity index (χ1v) is 8.47. The van der Waals surface area contributed by atoms with E-state index in [0.29, 0.717) is 22.5 Å². The van der Waals surface area contributed by atoms with E-state index in [0.717, 1.165) is 4.47 Å². The molecule has 0 fully saturated rings. The van der Waals surface area contributed by atoms with Gasteiger partial charge >= 0.3 is 0 Å². The number of likely N-dealkylation sites (N-methyl/N-ethyl adjacent to an activating group) is 1. The van der Waals surface area contributed by atoms with E-state index >= 15 is 0 Å². The predicted octanol–water partition coefficient (Wildman–Crippen LogP) is 3.81. The maximum Gasteiger partial charge on any atom is 0.278 e. The summed E-state index contributed by atoms with van der Waals surface area (Å²) < 4.78 is 15.3. The zero-order chi connectivity index (χ0) is 18.1. The van der Waals surface area contributed by atoms with Gasteiger partial charge in [0.2, 0.25) is 0 Å². The summed E-state index contributed by atoms with van der Waals surface area (Å²) in [7, 11) is 5.32. The van der Waals surface area contributed by atoms with Crippen LogP contribution in [-0.4, -0.2) is 37.7 Å². The van der Waals surface area contributed by atoms with Crippen LogP contribution in [0.3, 0.4) is 0 Å². The van der Waals surface area contributed by atoms with E-state index in [4.69, 9.17) is 0 Å². The molecule has 1 aliphatic heterocycles. The van der Waals surface area contributed by atoms with E-state index in [1.165, 1.54) is 11.0 Å². The first-order chi connectivity index (χ1) is 11.9. The smallest absolute Gasteiger partial charge is 0.278 e. The van der Waals surface area contributed by atoms with E-state index in [9.17, 15) is 9.18 Å². The van der Waals surface area contributed by atoms with E-state index in [1.807, 2.05) is 32.3 Å². The van der Waals surface area contributed by atoms with Crippen LogP contribution in [0, 0.1) is 5.82 Å². The van der Waals surface area contributed by atoms with Crippen molar-refractivity contribution in [3.63, 3.8) is 0 Å². The molecule has 1 aliphatic rings. The Morgan fingerprint density at radius 1 is 1.16 bits per heavy atom. The van der Waals surface area contributed by atoms with Gasteiger partial charge in [0, 0.05) is 42.9 Å². The number of hydrogen-bond donors (Lipinski definition) is 0. The number of halogens is 2. The van der Waals surface area contributed by atoms with Gasteiger partial charge in [0.05, 0.1) is 11.4 Å². The molecule has 0 bridgehead atoms. The van der Waals surface area contributed by atoms with Gasteiger partial charge in [0.1, 0.15) is 11.5 Å². The van der Waals surface area contributed by atoms with Gasteiger partial charge in [-0.1, -0.05) is 28.1 Å². The lowest BCUT2D eigenvalue weighted by atomic mass is 10.00. The summed E-state index contributed by atoms with van der Waals surface area (Å²) in [6, 6.07) is 12.0. The first kappa shape index (κ1) is 17.4. The van der Waals surface area contributed by atoms with Crippen molar-refractivity contribution in [1.29, 1.82) is 0 Å². The van der Waals surface area contributed by atoms with Crippen molar-refractivity contribution < 1.29 is 9.18 Å². The average Bonchev–Trinajstić information content (AvgIpc) is 2.66. The Balaban J connectivity index is 2.34.